The van der Waals surface area contributed by atoms with Gasteiger partial charge < -0.3 is 18.6 Å². The number of rotatable bonds is 9. The lowest BCUT2D eigenvalue weighted by atomic mass is 9.53. The number of carbonyl (C=O) groups is 1. The van der Waals surface area contributed by atoms with Gasteiger partial charge in [0.2, 0.25) is 23.6 Å². The van der Waals surface area contributed by atoms with E-state index in [4.69, 9.17) is 18.7 Å². The van der Waals surface area contributed by atoms with Crippen molar-refractivity contribution in [3.05, 3.63) is 47.9 Å². The average molecular weight is 553 g/mol. The lowest BCUT2D eigenvalue weighted by Gasteiger charge is -2.53. The van der Waals surface area contributed by atoms with Gasteiger partial charge in [0, 0.05) is 55.0 Å². The van der Waals surface area contributed by atoms with E-state index < -0.39 is 24.7 Å². The Morgan fingerprint density at radius 2 is 1.85 bits per heavy atom. The molecule has 40 heavy (non-hydrogen) atoms. The van der Waals surface area contributed by atoms with Crippen LogP contribution in [-0.4, -0.2) is 40.6 Å². The zero-order valence-corrected chi connectivity index (χ0v) is 22.7. The summed E-state index contributed by atoms with van der Waals surface area (Å²) >= 11 is 0. The topological polar surface area (TPSA) is 94.5 Å². The Bertz CT molecular complexity index is 1380. The van der Waals surface area contributed by atoms with Crippen LogP contribution in [0, 0.1) is 11.3 Å². The molecule has 0 unspecified atom stereocenters. The molecule has 5 fully saturated rings. The van der Waals surface area contributed by atoms with Gasteiger partial charge in [-0.25, -0.2) is 13.8 Å². The highest BCUT2D eigenvalue weighted by molar-refractivity contribution is 5.96. The van der Waals surface area contributed by atoms with Crippen molar-refractivity contribution in [1.29, 1.82) is 0 Å². The Labute approximate surface area is 231 Å². The van der Waals surface area contributed by atoms with Crippen LogP contribution in [0.2, 0.25) is 0 Å². The summed E-state index contributed by atoms with van der Waals surface area (Å²) < 4.78 is 44.2. The van der Waals surface area contributed by atoms with Crippen LogP contribution >= 0.6 is 0 Å². The third-order valence-electron chi connectivity index (χ3n) is 9.69. The van der Waals surface area contributed by atoms with E-state index >= 15 is 0 Å². The molecule has 0 radical (unpaired) electrons. The SMILES string of the molecule is COCc1coc(-c2cccc(N(CC34CCC(c5nc(C6CC6)no5)(CC3)CC4)C(=O)C3CC(F)(F)C3)c2)n1. The van der Waals surface area contributed by atoms with E-state index in [0.29, 0.717) is 36.3 Å². The van der Waals surface area contributed by atoms with Crippen molar-refractivity contribution in [2.45, 2.75) is 88.1 Å². The molecule has 5 aliphatic rings. The van der Waals surface area contributed by atoms with Crippen molar-refractivity contribution in [3.63, 3.8) is 0 Å². The van der Waals surface area contributed by atoms with Gasteiger partial charge in [-0.2, -0.15) is 4.98 Å². The van der Waals surface area contributed by atoms with Crippen LogP contribution in [0.5, 0.6) is 0 Å². The molecule has 0 saturated heterocycles. The second kappa shape index (κ2) is 9.46. The van der Waals surface area contributed by atoms with Crippen LogP contribution < -0.4 is 4.90 Å². The third-order valence-corrected chi connectivity index (χ3v) is 9.69. The smallest absolute Gasteiger partial charge is 0.249 e. The van der Waals surface area contributed by atoms with Crippen LogP contribution in [0.3, 0.4) is 0 Å². The van der Waals surface area contributed by atoms with Gasteiger partial charge in [-0.1, -0.05) is 11.2 Å². The number of amides is 1. The first-order valence-corrected chi connectivity index (χ1v) is 14.3. The van der Waals surface area contributed by atoms with Gasteiger partial charge >= 0.3 is 0 Å². The molecule has 8 nitrogen and oxygen atoms in total. The molecule has 0 atom stereocenters. The number of fused-ring (bicyclic) bond motifs is 3. The number of oxazole rings is 1. The zero-order chi connectivity index (χ0) is 27.5. The number of hydrogen-bond acceptors (Lipinski definition) is 7. The van der Waals surface area contributed by atoms with Crippen LogP contribution in [0.25, 0.3) is 11.5 Å². The van der Waals surface area contributed by atoms with E-state index in [9.17, 15) is 13.6 Å². The molecule has 10 heteroatoms. The van der Waals surface area contributed by atoms with Crippen molar-refractivity contribution in [3.8, 4) is 11.5 Å². The molecule has 2 heterocycles. The standard InChI is InChI=1S/C30H34F2N4O4/c1-38-16-22-17-39-25(33-22)20-3-2-4-23(13-20)36(26(37)21-14-30(31,32)15-21)18-28-7-10-29(11-8-28,12-9-28)27-34-24(35-40-27)19-5-6-19/h2-4,13,17,19,21H,5-12,14-16,18H2,1H3. The molecule has 0 spiro atoms. The second-order valence-electron chi connectivity index (χ2n) is 12.5. The molecule has 3 aromatic rings. The number of hydrogen-bond donors (Lipinski definition) is 0. The highest BCUT2D eigenvalue weighted by Gasteiger charge is 2.55. The summed E-state index contributed by atoms with van der Waals surface area (Å²) in [4.78, 5) is 24.8. The summed E-state index contributed by atoms with van der Waals surface area (Å²) in [7, 11) is 1.59. The molecule has 0 aliphatic heterocycles. The molecule has 8 rings (SSSR count). The van der Waals surface area contributed by atoms with E-state index in [1.165, 1.54) is 0 Å². The van der Waals surface area contributed by atoms with Gasteiger partial charge in [-0.3, -0.25) is 4.79 Å². The molecule has 2 aromatic heterocycles. The monoisotopic (exact) mass is 552 g/mol. The molecule has 5 saturated carbocycles. The minimum absolute atomic E-state index is 0.0758. The van der Waals surface area contributed by atoms with E-state index in [1.807, 2.05) is 24.3 Å². The number of anilines is 1. The minimum atomic E-state index is -2.76. The fourth-order valence-electron chi connectivity index (χ4n) is 6.93. The number of methoxy groups -OCH3 is 1. The van der Waals surface area contributed by atoms with E-state index in [1.54, 1.807) is 18.3 Å². The molecule has 1 aromatic carbocycles. The Morgan fingerprint density at radius 1 is 1.10 bits per heavy atom. The van der Waals surface area contributed by atoms with Crippen LogP contribution in [0.4, 0.5) is 14.5 Å². The molecule has 212 valence electrons. The summed E-state index contributed by atoms with van der Waals surface area (Å²) in [5, 5.41) is 4.26. The molecule has 5 aliphatic carbocycles. The summed E-state index contributed by atoms with van der Waals surface area (Å²) in [5.74, 6) is -1.15. The first-order valence-electron chi connectivity index (χ1n) is 14.3. The summed E-state index contributed by atoms with van der Waals surface area (Å²) in [6.45, 7) is 0.838. The summed E-state index contributed by atoms with van der Waals surface area (Å²) in [6, 6.07) is 7.49. The van der Waals surface area contributed by atoms with Gasteiger partial charge in [0.15, 0.2) is 5.82 Å². The summed E-state index contributed by atoms with van der Waals surface area (Å²) in [6.07, 6.45) is 8.63. The maximum absolute atomic E-state index is 13.8. The fourth-order valence-corrected chi connectivity index (χ4v) is 6.93. The average Bonchev–Trinajstić information content (AvgIpc) is 3.48. The Hall–Kier alpha value is -3.14. The van der Waals surface area contributed by atoms with Gasteiger partial charge in [0.1, 0.15) is 12.0 Å². The number of benzene rings is 1. The summed E-state index contributed by atoms with van der Waals surface area (Å²) in [5.41, 5.74) is 1.92. The van der Waals surface area contributed by atoms with E-state index in [-0.39, 0.29) is 16.7 Å². The largest absolute Gasteiger partial charge is 0.444 e. The van der Waals surface area contributed by atoms with Gasteiger partial charge in [-0.05, 0) is 75.0 Å². The molecule has 2 bridgehead atoms. The fraction of sp³-hybridized carbons (Fsp3) is 0.600. The van der Waals surface area contributed by atoms with Crippen molar-refractivity contribution >= 4 is 11.6 Å². The van der Waals surface area contributed by atoms with Crippen molar-refractivity contribution < 1.29 is 27.3 Å². The predicted molar refractivity (Wildman–Crippen MR) is 141 cm³/mol. The lowest BCUT2D eigenvalue weighted by Crippen LogP contribution is -2.53. The molecule has 0 N–H and O–H groups in total. The second-order valence-corrected chi connectivity index (χ2v) is 12.5. The van der Waals surface area contributed by atoms with Crippen LogP contribution in [-0.2, 0) is 21.6 Å². The molecule has 1 amide bonds. The third kappa shape index (κ3) is 4.63. The highest BCUT2D eigenvalue weighted by Crippen LogP contribution is 2.58. The predicted octanol–water partition coefficient (Wildman–Crippen LogP) is 6.42. The van der Waals surface area contributed by atoms with Crippen LogP contribution in [0.1, 0.15) is 87.5 Å². The molecular formula is C30H34F2N4O4. The maximum atomic E-state index is 13.8. The van der Waals surface area contributed by atoms with Crippen molar-refractivity contribution in [2.24, 2.45) is 11.3 Å². The number of halogens is 2. The number of aromatic nitrogens is 3. The Kier molecular flexibility index (Phi) is 6.10. The van der Waals surface area contributed by atoms with Gasteiger partial charge in [-0.15, -0.1) is 0 Å². The Balaban J connectivity index is 1.13. The van der Waals surface area contributed by atoms with E-state index in [2.05, 4.69) is 10.1 Å². The lowest BCUT2D eigenvalue weighted by molar-refractivity contribution is -0.148. The molecular weight excluding hydrogens is 518 g/mol. The zero-order valence-electron chi connectivity index (χ0n) is 22.7. The Morgan fingerprint density at radius 3 is 2.52 bits per heavy atom. The van der Waals surface area contributed by atoms with Crippen LogP contribution in [0.15, 0.2) is 39.5 Å². The van der Waals surface area contributed by atoms with E-state index in [0.717, 1.165) is 68.6 Å². The number of alkyl halides is 2. The van der Waals surface area contributed by atoms with Crippen molar-refractivity contribution in [1.82, 2.24) is 15.1 Å². The quantitative estimate of drug-likeness (QED) is 0.302. The maximum Gasteiger partial charge on any atom is 0.249 e. The first kappa shape index (κ1) is 25.8. The normalized spacial score (nSPS) is 27.5. The first-order chi connectivity index (χ1) is 19.3. The van der Waals surface area contributed by atoms with Gasteiger partial charge in [0.25, 0.3) is 0 Å². The minimum Gasteiger partial charge on any atom is -0.444 e. The highest BCUT2D eigenvalue weighted by atomic mass is 19.3. The van der Waals surface area contributed by atoms with Crippen molar-refractivity contribution in [2.75, 3.05) is 18.6 Å². The van der Waals surface area contributed by atoms with Gasteiger partial charge in [0.05, 0.1) is 6.61 Å². The number of carbonyl (C=O) groups excluding carboxylic acids is 1. The number of ether oxygens (including phenoxy) is 1. The number of nitrogens with zero attached hydrogens (tertiary/aromatic N) is 4.